The molecule has 1 saturated carbocycles. The van der Waals surface area contributed by atoms with E-state index < -0.39 is 18.0 Å². The Balaban J connectivity index is 1.74. The number of carbonyl (C=O) groups is 3. The minimum absolute atomic E-state index is 0.0869. The van der Waals surface area contributed by atoms with E-state index in [-0.39, 0.29) is 42.3 Å². The van der Waals surface area contributed by atoms with Crippen molar-refractivity contribution in [3.05, 3.63) is 11.8 Å². The summed E-state index contributed by atoms with van der Waals surface area (Å²) in [4.78, 5) is 36.0. The molecule has 3 rings (SSSR count). The van der Waals surface area contributed by atoms with Crippen LogP contribution < -0.4 is 0 Å². The van der Waals surface area contributed by atoms with Gasteiger partial charge < -0.3 is 23.7 Å². The summed E-state index contributed by atoms with van der Waals surface area (Å²) in [6, 6.07) is 0. The third kappa shape index (κ3) is 5.59. The predicted molar refractivity (Wildman–Crippen MR) is 109 cm³/mol. The number of hydrogen-bond donors (Lipinski definition) is 0. The Morgan fingerprint density at radius 2 is 1.84 bits per heavy atom. The summed E-state index contributed by atoms with van der Waals surface area (Å²) < 4.78 is 28.3. The maximum atomic E-state index is 12.4. The van der Waals surface area contributed by atoms with E-state index in [1.807, 2.05) is 27.7 Å². The topological polar surface area (TPSA) is 101 Å². The fourth-order valence-corrected chi connectivity index (χ4v) is 4.46. The summed E-state index contributed by atoms with van der Waals surface area (Å²) in [6.45, 7) is 9.84. The van der Waals surface area contributed by atoms with Gasteiger partial charge in [0.15, 0.2) is 0 Å². The summed E-state index contributed by atoms with van der Waals surface area (Å²) in [5.74, 6) is -0.879. The Morgan fingerprint density at radius 1 is 1.13 bits per heavy atom. The number of carbonyl (C=O) groups excluding carboxylic acids is 3. The van der Waals surface area contributed by atoms with Crippen LogP contribution in [0.1, 0.15) is 60.3 Å². The van der Waals surface area contributed by atoms with Gasteiger partial charge in [0.2, 0.25) is 6.29 Å². The Labute approximate surface area is 183 Å². The van der Waals surface area contributed by atoms with Crippen LogP contribution in [0.4, 0.5) is 0 Å². The van der Waals surface area contributed by atoms with Gasteiger partial charge in [-0.25, -0.2) is 0 Å². The molecule has 1 saturated heterocycles. The van der Waals surface area contributed by atoms with E-state index in [0.29, 0.717) is 31.8 Å². The van der Waals surface area contributed by atoms with Crippen molar-refractivity contribution in [1.29, 1.82) is 0 Å². The number of esters is 3. The monoisotopic (exact) mass is 438 g/mol. The van der Waals surface area contributed by atoms with Gasteiger partial charge in [0.05, 0.1) is 18.8 Å². The molecule has 0 aromatic heterocycles. The molecule has 3 aliphatic rings. The van der Waals surface area contributed by atoms with Crippen molar-refractivity contribution in [3.8, 4) is 0 Å². The lowest BCUT2D eigenvalue weighted by Gasteiger charge is -2.35. The fourth-order valence-electron chi connectivity index (χ4n) is 4.46. The van der Waals surface area contributed by atoms with Crippen molar-refractivity contribution >= 4 is 17.9 Å². The van der Waals surface area contributed by atoms with E-state index in [1.165, 1.54) is 13.2 Å². The van der Waals surface area contributed by atoms with E-state index in [1.54, 1.807) is 0 Å². The van der Waals surface area contributed by atoms with Gasteiger partial charge in [-0.2, -0.15) is 0 Å². The Kier molecular flexibility index (Phi) is 7.29. The maximum absolute atomic E-state index is 12.4. The Hall–Kier alpha value is -2.09. The normalized spacial score (nSPS) is 31.1. The molecule has 2 aliphatic heterocycles. The number of hydrogen-bond acceptors (Lipinski definition) is 8. The molecule has 0 aromatic rings. The zero-order valence-electron chi connectivity index (χ0n) is 19.1. The third-order valence-electron chi connectivity index (χ3n) is 6.07. The molecule has 1 spiro atoms. The third-order valence-corrected chi connectivity index (χ3v) is 6.07. The molecular weight excluding hydrogens is 404 g/mol. The highest BCUT2D eigenvalue weighted by atomic mass is 16.7. The molecule has 0 bridgehead atoms. The first-order valence-corrected chi connectivity index (χ1v) is 11.1. The molecule has 2 heterocycles. The minimum Gasteiger partial charge on any atom is -0.462 e. The lowest BCUT2D eigenvalue weighted by molar-refractivity contribution is -0.192. The molecule has 174 valence electrons. The molecule has 8 nitrogen and oxygen atoms in total. The van der Waals surface area contributed by atoms with Crippen molar-refractivity contribution in [2.24, 2.45) is 23.7 Å². The van der Waals surface area contributed by atoms with E-state index >= 15 is 0 Å². The largest absolute Gasteiger partial charge is 0.462 e. The molecule has 3 unspecified atom stereocenters. The van der Waals surface area contributed by atoms with Crippen LogP contribution in [0.2, 0.25) is 0 Å². The minimum atomic E-state index is -0.831. The molecule has 31 heavy (non-hydrogen) atoms. The quantitative estimate of drug-likeness (QED) is 0.307. The summed E-state index contributed by atoms with van der Waals surface area (Å²) in [5, 5.41) is 0. The van der Waals surface area contributed by atoms with Gasteiger partial charge in [0, 0.05) is 31.3 Å². The molecule has 1 aliphatic carbocycles. The first-order chi connectivity index (χ1) is 14.6. The first kappa shape index (κ1) is 23.6. The number of ether oxygens (including phenoxy) is 5. The van der Waals surface area contributed by atoms with E-state index in [4.69, 9.17) is 23.7 Å². The van der Waals surface area contributed by atoms with Gasteiger partial charge in [-0.05, 0) is 24.7 Å². The van der Waals surface area contributed by atoms with Crippen molar-refractivity contribution < 1.29 is 38.1 Å². The summed E-state index contributed by atoms with van der Waals surface area (Å²) in [7, 11) is 0. The molecule has 0 N–H and O–H groups in total. The van der Waals surface area contributed by atoms with E-state index in [2.05, 4.69) is 0 Å². The first-order valence-electron chi connectivity index (χ1n) is 11.1. The lowest BCUT2D eigenvalue weighted by atomic mass is 9.83. The van der Waals surface area contributed by atoms with Crippen molar-refractivity contribution in [2.45, 2.75) is 78.3 Å². The summed E-state index contributed by atoms with van der Waals surface area (Å²) in [6.07, 6.45) is 2.10. The summed E-state index contributed by atoms with van der Waals surface area (Å²) in [5.41, 5.74) is 0.0435. The number of epoxide rings is 1. The van der Waals surface area contributed by atoms with Crippen LogP contribution in [0, 0.1) is 23.7 Å². The zero-order chi connectivity index (χ0) is 22.8. The second-order valence-corrected chi connectivity index (χ2v) is 9.59. The van der Waals surface area contributed by atoms with Gasteiger partial charge in [-0.1, -0.05) is 27.7 Å². The van der Waals surface area contributed by atoms with Gasteiger partial charge in [-0.15, -0.1) is 0 Å². The van der Waals surface area contributed by atoms with Crippen LogP contribution in [0.3, 0.4) is 0 Å². The van der Waals surface area contributed by atoms with Gasteiger partial charge in [-0.3, -0.25) is 14.4 Å². The van der Waals surface area contributed by atoms with Crippen molar-refractivity contribution in [2.75, 3.05) is 13.2 Å². The second-order valence-electron chi connectivity index (χ2n) is 9.59. The smallest absolute Gasteiger partial charge is 0.308 e. The highest BCUT2D eigenvalue weighted by molar-refractivity contribution is 5.70. The average Bonchev–Trinajstić information content (AvgIpc) is 3.39. The van der Waals surface area contributed by atoms with Crippen molar-refractivity contribution in [3.63, 3.8) is 0 Å². The fraction of sp³-hybridized carbons (Fsp3) is 0.783. The van der Waals surface area contributed by atoms with Crippen LogP contribution in [-0.4, -0.2) is 49.1 Å². The van der Waals surface area contributed by atoms with Gasteiger partial charge in [0.25, 0.3) is 0 Å². The molecule has 0 radical (unpaired) electrons. The van der Waals surface area contributed by atoms with E-state index in [0.717, 1.165) is 12.0 Å². The highest BCUT2D eigenvalue weighted by Gasteiger charge is 2.70. The van der Waals surface area contributed by atoms with Gasteiger partial charge in [0.1, 0.15) is 18.3 Å². The molecule has 5 atom stereocenters. The Morgan fingerprint density at radius 3 is 2.42 bits per heavy atom. The van der Waals surface area contributed by atoms with E-state index in [9.17, 15) is 14.4 Å². The lowest BCUT2D eigenvalue weighted by Crippen LogP contribution is -2.45. The summed E-state index contributed by atoms with van der Waals surface area (Å²) >= 11 is 0. The van der Waals surface area contributed by atoms with Crippen molar-refractivity contribution in [1.82, 2.24) is 0 Å². The van der Waals surface area contributed by atoms with Crippen LogP contribution in [0.25, 0.3) is 0 Å². The van der Waals surface area contributed by atoms with Crippen LogP contribution in [0.5, 0.6) is 0 Å². The Bertz CT molecular complexity index is 721. The second kappa shape index (κ2) is 9.59. The van der Waals surface area contributed by atoms with Gasteiger partial charge >= 0.3 is 17.9 Å². The number of rotatable bonds is 9. The predicted octanol–water partition coefficient (Wildman–Crippen LogP) is 3.13. The molecule has 0 amide bonds. The average molecular weight is 439 g/mol. The molecule has 0 aromatic carbocycles. The zero-order valence-corrected chi connectivity index (χ0v) is 19.1. The SMILES string of the molecule is CC(=O)OC1CC2C(COC(=O)CC(C)C)=CO[C@@H](OC(=O)CCC(C)C)C2[C@]12CO2. The molecule has 2 fully saturated rings. The highest BCUT2D eigenvalue weighted by Crippen LogP contribution is 2.57. The van der Waals surface area contributed by atoms with Crippen LogP contribution in [0.15, 0.2) is 11.8 Å². The molecule has 8 heteroatoms. The molecular formula is C23H34O8. The van der Waals surface area contributed by atoms with Crippen LogP contribution >= 0.6 is 0 Å². The maximum Gasteiger partial charge on any atom is 0.308 e. The van der Waals surface area contributed by atoms with Crippen LogP contribution in [-0.2, 0) is 38.1 Å². The number of fused-ring (bicyclic) bond motifs is 2. The standard InChI is InChI=1S/C23H34O8/c1-13(2)6-7-19(25)31-22-21-17(9-18(30-15(5)24)23(21)12-29-23)16(11-28-22)10-27-20(26)8-14(3)4/h11,13-14,17-18,21-22H,6-10,12H2,1-5H3/t17?,18?,21?,22-,23-/m0/s1.